The van der Waals surface area contributed by atoms with E-state index in [0.29, 0.717) is 23.4 Å². The predicted molar refractivity (Wildman–Crippen MR) is 77.9 cm³/mol. The minimum atomic E-state index is -0.595. The zero-order chi connectivity index (χ0) is 15.0. The highest BCUT2D eigenvalue weighted by atomic mass is 16.3. The number of aryl methyl sites for hydroxylation is 2. The number of hydrogen-bond donors (Lipinski definition) is 2. The lowest BCUT2D eigenvalue weighted by molar-refractivity contribution is 0.0857. The van der Waals surface area contributed by atoms with Crippen LogP contribution in [0.2, 0.25) is 0 Å². The molecule has 0 aliphatic heterocycles. The lowest BCUT2D eigenvalue weighted by Gasteiger charge is -2.18. The van der Waals surface area contributed by atoms with Gasteiger partial charge in [-0.05, 0) is 31.0 Å². The van der Waals surface area contributed by atoms with Crippen molar-refractivity contribution < 1.29 is 9.90 Å². The molecule has 1 heterocycles. The molecule has 3 rings (SSSR count). The summed E-state index contributed by atoms with van der Waals surface area (Å²) >= 11 is 0. The molecular formula is C16H17N3O2. The number of fused-ring (bicyclic) bond motifs is 1. The number of nitrogens with one attached hydrogen (secondary N) is 1. The molecule has 0 spiro atoms. The first-order chi connectivity index (χ1) is 10.1. The van der Waals surface area contributed by atoms with Gasteiger partial charge in [0.05, 0.1) is 29.1 Å². The van der Waals surface area contributed by atoms with Gasteiger partial charge in [-0.15, -0.1) is 0 Å². The normalized spacial score (nSPS) is 20.1. The molecule has 2 N–H and O–H groups in total. The summed E-state index contributed by atoms with van der Waals surface area (Å²) < 4.78 is 0. The molecule has 0 saturated heterocycles. The fourth-order valence-corrected chi connectivity index (χ4v) is 2.75. The smallest absolute Gasteiger partial charge is 0.253 e. The van der Waals surface area contributed by atoms with E-state index in [1.54, 1.807) is 19.9 Å². The molecule has 2 aromatic rings. The van der Waals surface area contributed by atoms with Crippen molar-refractivity contribution in [1.29, 1.82) is 0 Å². The number of rotatable bonds is 2. The number of benzene rings is 1. The van der Waals surface area contributed by atoms with Crippen molar-refractivity contribution in [3.63, 3.8) is 0 Å². The number of hydrogen-bond acceptors (Lipinski definition) is 4. The van der Waals surface area contributed by atoms with E-state index in [9.17, 15) is 9.90 Å². The number of aromatic nitrogens is 2. The van der Waals surface area contributed by atoms with Gasteiger partial charge in [0.2, 0.25) is 0 Å². The largest absolute Gasteiger partial charge is 0.390 e. The van der Waals surface area contributed by atoms with E-state index in [4.69, 9.17) is 0 Å². The average Bonchev–Trinajstić information content (AvgIpc) is 2.78. The van der Waals surface area contributed by atoms with Crippen LogP contribution in [0.3, 0.4) is 0 Å². The van der Waals surface area contributed by atoms with Crippen LogP contribution in [0, 0.1) is 13.8 Å². The Morgan fingerprint density at radius 1 is 1.29 bits per heavy atom. The molecule has 5 nitrogen and oxygen atoms in total. The first-order valence-corrected chi connectivity index (χ1v) is 6.94. The van der Waals surface area contributed by atoms with Gasteiger partial charge in [-0.3, -0.25) is 4.79 Å². The van der Waals surface area contributed by atoms with E-state index < -0.39 is 6.10 Å². The third-order valence-corrected chi connectivity index (χ3v) is 3.84. The summed E-state index contributed by atoms with van der Waals surface area (Å²) in [5.41, 5.74) is 3.84. The summed E-state index contributed by atoms with van der Waals surface area (Å²) in [6.07, 6.45) is -0.0316. The number of carbonyl (C=O) groups is 1. The van der Waals surface area contributed by atoms with Crippen molar-refractivity contribution in [2.75, 3.05) is 0 Å². The Kier molecular flexibility index (Phi) is 3.43. The number of aliphatic hydroxyl groups is 1. The van der Waals surface area contributed by atoms with Gasteiger partial charge in [-0.25, -0.2) is 0 Å². The van der Waals surface area contributed by atoms with Gasteiger partial charge < -0.3 is 10.4 Å². The molecule has 0 fully saturated rings. The molecule has 1 amide bonds. The van der Waals surface area contributed by atoms with Gasteiger partial charge in [0.15, 0.2) is 0 Å². The quantitative estimate of drug-likeness (QED) is 0.875. The Morgan fingerprint density at radius 2 is 2.05 bits per heavy atom. The van der Waals surface area contributed by atoms with Gasteiger partial charge in [0.25, 0.3) is 5.91 Å². The Morgan fingerprint density at radius 3 is 2.86 bits per heavy atom. The first kappa shape index (κ1) is 13.7. The van der Waals surface area contributed by atoms with E-state index in [0.717, 1.165) is 11.1 Å². The Balaban J connectivity index is 1.87. The maximum Gasteiger partial charge on any atom is 0.253 e. The monoisotopic (exact) mass is 283 g/mol. The molecule has 1 aliphatic carbocycles. The van der Waals surface area contributed by atoms with E-state index in [1.807, 2.05) is 24.3 Å². The van der Waals surface area contributed by atoms with Crippen molar-refractivity contribution in [1.82, 2.24) is 15.5 Å². The topological polar surface area (TPSA) is 75.1 Å². The Bertz CT molecular complexity index is 700. The van der Waals surface area contributed by atoms with Crippen molar-refractivity contribution in [2.45, 2.75) is 32.4 Å². The van der Waals surface area contributed by atoms with Crippen LogP contribution in [0.1, 0.15) is 38.9 Å². The Hall–Kier alpha value is -2.27. The maximum atomic E-state index is 12.4. The minimum absolute atomic E-state index is 0.230. The molecular weight excluding hydrogens is 266 g/mol. The van der Waals surface area contributed by atoms with Crippen LogP contribution in [0.15, 0.2) is 30.3 Å². The van der Waals surface area contributed by atoms with Gasteiger partial charge in [-0.2, -0.15) is 10.2 Å². The SMILES string of the molecule is Cc1cc(C(=O)NC2c3ccccc3CC2O)c(C)nn1. The molecule has 108 valence electrons. The van der Waals surface area contributed by atoms with E-state index in [1.165, 1.54) is 0 Å². The van der Waals surface area contributed by atoms with Crippen LogP contribution in [0.4, 0.5) is 0 Å². The standard InChI is InChI=1S/C16H17N3O2/c1-9-7-13(10(2)19-18-9)16(21)17-15-12-6-4-3-5-11(12)8-14(15)20/h3-7,14-15,20H,8H2,1-2H3,(H,17,21). The summed E-state index contributed by atoms with van der Waals surface area (Å²) in [5, 5.41) is 21.0. The second-order valence-corrected chi connectivity index (χ2v) is 5.41. The van der Waals surface area contributed by atoms with Crippen LogP contribution in [0.25, 0.3) is 0 Å². The lowest BCUT2D eigenvalue weighted by atomic mass is 10.1. The molecule has 5 heteroatoms. The number of amides is 1. The van der Waals surface area contributed by atoms with Gasteiger partial charge >= 0.3 is 0 Å². The van der Waals surface area contributed by atoms with E-state index >= 15 is 0 Å². The Labute approximate surface area is 123 Å². The van der Waals surface area contributed by atoms with Gasteiger partial charge in [-0.1, -0.05) is 24.3 Å². The van der Waals surface area contributed by atoms with E-state index in [2.05, 4.69) is 15.5 Å². The molecule has 0 bridgehead atoms. The highest BCUT2D eigenvalue weighted by Gasteiger charge is 2.32. The summed E-state index contributed by atoms with van der Waals surface area (Å²) in [5.74, 6) is -0.230. The number of carbonyl (C=O) groups excluding carboxylic acids is 1. The first-order valence-electron chi connectivity index (χ1n) is 6.94. The third-order valence-electron chi connectivity index (χ3n) is 3.84. The highest BCUT2D eigenvalue weighted by molar-refractivity contribution is 5.95. The van der Waals surface area contributed by atoms with Crippen LogP contribution in [-0.2, 0) is 6.42 Å². The lowest BCUT2D eigenvalue weighted by Crippen LogP contribution is -2.34. The van der Waals surface area contributed by atoms with Crippen molar-refractivity contribution in [3.05, 3.63) is 58.4 Å². The number of nitrogens with zero attached hydrogens (tertiary/aromatic N) is 2. The highest BCUT2D eigenvalue weighted by Crippen LogP contribution is 2.31. The van der Waals surface area contributed by atoms with Crippen molar-refractivity contribution in [3.8, 4) is 0 Å². The predicted octanol–water partition coefficient (Wildman–Crippen LogP) is 1.48. The molecule has 1 aromatic carbocycles. The molecule has 1 aromatic heterocycles. The molecule has 21 heavy (non-hydrogen) atoms. The van der Waals surface area contributed by atoms with E-state index in [-0.39, 0.29) is 11.9 Å². The second-order valence-electron chi connectivity index (χ2n) is 5.41. The van der Waals surface area contributed by atoms with Crippen molar-refractivity contribution >= 4 is 5.91 Å². The number of aliphatic hydroxyl groups excluding tert-OH is 1. The summed E-state index contributed by atoms with van der Waals surface area (Å²) in [4.78, 5) is 12.4. The fraction of sp³-hybridized carbons (Fsp3) is 0.312. The third kappa shape index (κ3) is 2.52. The zero-order valence-electron chi connectivity index (χ0n) is 12.0. The fourth-order valence-electron chi connectivity index (χ4n) is 2.75. The molecule has 2 unspecified atom stereocenters. The van der Waals surface area contributed by atoms with Crippen LogP contribution >= 0.6 is 0 Å². The maximum absolute atomic E-state index is 12.4. The minimum Gasteiger partial charge on any atom is -0.390 e. The van der Waals surface area contributed by atoms with Crippen molar-refractivity contribution in [2.24, 2.45) is 0 Å². The summed E-state index contributed by atoms with van der Waals surface area (Å²) in [6.45, 7) is 3.54. The summed E-state index contributed by atoms with van der Waals surface area (Å²) in [7, 11) is 0. The van der Waals surface area contributed by atoms with Gasteiger partial charge in [0.1, 0.15) is 0 Å². The molecule has 1 aliphatic rings. The van der Waals surface area contributed by atoms with Crippen LogP contribution < -0.4 is 5.32 Å². The summed E-state index contributed by atoms with van der Waals surface area (Å²) in [6, 6.07) is 9.12. The zero-order valence-corrected chi connectivity index (χ0v) is 12.0. The average molecular weight is 283 g/mol. The molecule has 2 atom stereocenters. The second kappa shape index (κ2) is 5.26. The van der Waals surface area contributed by atoms with Crippen LogP contribution in [0.5, 0.6) is 0 Å². The molecule has 0 radical (unpaired) electrons. The van der Waals surface area contributed by atoms with Crippen LogP contribution in [-0.4, -0.2) is 27.3 Å². The molecule has 0 saturated carbocycles. The van der Waals surface area contributed by atoms with Gasteiger partial charge in [0, 0.05) is 6.42 Å².